The van der Waals surface area contributed by atoms with Crippen LogP contribution in [0, 0.1) is 0 Å². The van der Waals surface area contributed by atoms with E-state index in [-0.39, 0.29) is 11.9 Å². The quantitative estimate of drug-likeness (QED) is 0.832. The molecule has 1 aromatic rings. The Hall–Kier alpha value is -1.55. The summed E-state index contributed by atoms with van der Waals surface area (Å²) in [6.07, 6.45) is 2.98. The van der Waals surface area contributed by atoms with Crippen molar-refractivity contribution in [2.24, 2.45) is 0 Å². The van der Waals surface area contributed by atoms with Crippen LogP contribution in [0.2, 0.25) is 0 Å². The second-order valence-electron chi connectivity index (χ2n) is 4.90. The molecule has 0 aromatic heterocycles. The summed E-state index contributed by atoms with van der Waals surface area (Å²) in [5.41, 5.74) is 3.07. The van der Waals surface area contributed by atoms with Crippen molar-refractivity contribution < 1.29 is 9.53 Å². The van der Waals surface area contributed by atoms with Gasteiger partial charge in [0.15, 0.2) is 0 Å². The first-order valence-corrected chi connectivity index (χ1v) is 6.59. The maximum atomic E-state index is 12.3. The van der Waals surface area contributed by atoms with Crippen LogP contribution in [0.5, 0.6) is 0 Å². The highest BCUT2D eigenvalue weighted by Gasteiger charge is 2.21. The maximum absolute atomic E-state index is 12.3. The highest BCUT2D eigenvalue weighted by Crippen LogP contribution is 2.25. The van der Waals surface area contributed by atoms with E-state index in [1.54, 1.807) is 0 Å². The van der Waals surface area contributed by atoms with Crippen molar-refractivity contribution in [2.45, 2.75) is 25.3 Å². The van der Waals surface area contributed by atoms with Crippen molar-refractivity contribution in [3.05, 3.63) is 29.3 Å². The van der Waals surface area contributed by atoms with Crippen LogP contribution < -0.4 is 10.6 Å². The van der Waals surface area contributed by atoms with Crippen molar-refractivity contribution in [3.63, 3.8) is 0 Å². The molecule has 4 nitrogen and oxygen atoms in total. The van der Waals surface area contributed by atoms with Gasteiger partial charge in [0.25, 0.3) is 5.91 Å². The molecule has 0 saturated carbocycles. The summed E-state index contributed by atoms with van der Waals surface area (Å²) in [6, 6.07) is 6.07. The summed E-state index contributed by atoms with van der Waals surface area (Å²) in [7, 11) is 0. The third-order valence-corrected chi connectivity index (χ3v) is 3.60. The van der Waals surface area contributed by atoms with E-state index in [0.29, 0.717) is 6.61 Å². The number of carbonyl (C=O) groups excluding carboxylic acids is 1. The lowest BCUT2D eigenvalue weighted by molar-refractivity contribution is 0.0929. The third-order valence-electron chi connectivity index (χ3n) is 3.60. The Balaban J connectivity index is 1.80. The highest BCUT2D eigenvalue weighted by molar-refractivity contribution is 5.97. The smallest absolute Gasteiger partial charge is 0.251 e. The Morgan fingerprint density at radius 2 is 2.39 bits per heavy atom. The minimum absolute atomic E-state index is 0.0334. The summed E-state index contributed by atoms with van der Waals surface area (Å²) in [5.74, 6) is 0.0334. The van der Waals surface area contributed by atoms with Crippen LogP contribution in [-0.2, 0) is 11.2 Å². The summed E-state index contributed by atoms with van der Waals surface area (Å²) in [5, 5.41) is 6.40. The molecule has 3 rings (SSSR count). The number of carbonyl (C=O) groups is 1. The van der Waals surface area contributed by atoms with Crippen molar-refractivity contribution >= 4 is 11.6 Å². The van der Waals surface area contributed by atoms with Gasteiger partial charge in [-0.1, -0.05) is 6.07 Å². The Kier molecular flexibility index (Phi) is 3.19. The lowest BCUT2D eigenvalue weighted by Gasteiger charge is -2.21. The van der Waals surface area contributed by atoms with Crippen LogP contribution in [0.15, 0.2) is 18.2 Å². The van der Waals surface area contributed by atoms with Crippen LogP contribution in [-0.4, -0.2) is 31.7 Å². The third kappa shape index (κ3) is 2.20. The molecule has 1 atom stereocenters. The molecule has 1 unspecified atom stereocenters. The zero-order valence-electron chi connectivity index (χ0n) is 10.4. The van der Waals surface area contributed by atoms with E-state index in [4.69, 9.17) is 4.74 Å². The zero-order valence-corrected chi connectivity index (χ0v) is 10.4. The summed E-state index contributed by atoms with van der Waals surface area (Å²) in [4.78, 5) is 12.3. The van der Waals surface area contributed by atoms with E-state index in [2.05, 4.69) is 10.6 Å². The fourth-order valence-corrected chi connectivity index (χ4v) is 2.63. The molecule has 1 aromatic carbocycles. The number of amides is 1. The molecule has 0 bridgehead atoms. The maximum Gasteiger partial charge on any atom is 0.251 e. The average molecular weight is 246 g/mol. The molecule has 2 heterocycles. The number of fused-ring (bicyclic) bond motifs is 1. The lowest BCUT2D eigenvalue weighted by Crippen LogP contribution is -2.35. The highest BCUT2D eigenvalue weighted by atomic mass is 16.5. The van der Waals surface area contributed by atoms with E-state index in [0.717, 1.165) is 49.2 Å². The largest absolute Gasteiger partial charge is 0.385 e. The summed E-state index contributed by atoms with van der Waals surface area (Å²) < 4.78 is 5.28. The van der Waals surface area contributed by atoms with Gasteiger partial charge in [-0.15, -0.1) is 0 Å². The second-order valence-corrected chi connectivity index (χ2v) is 4.90. The van der Waals surface area contributed by atoms with Gasteiger partial charge in [-0.3, -0.25) is 4.79 Å². The van der Waals surface area contributed by atoms with Gasteiger partial charge in [-0.25, -0.2) is 0 Å². The predicted octanol–water partition coefficient (Wildman–Crippen LogP) is 1.56. The minimum Gasteiger partial charge on any atom is -0.385 e. The molecule has 1 fully saturated rings. The molecule has 1 amide bonds. The van der Waals surface area contributed by atoms with Crippen molar-refractivity contribution in [3.8, 4) is 0 Å². The van der Waals surface area contributed by atoms with Crippen molar-refractivity contribution in [1.29, 1.82) is 0 Å². The SMILES string of the molecule is O=C(NC1CCOC1)c1cccc2c1CCCN2. The molecule has 2 aliphatic rings. The van der Waals surface area contributed by atoms with Crippen molar-refractivity contribution in [2.75, 3.05) is 25.1 Å². The van der Waals surface area contributed by atoms with E-state index in [9.17, 15) is 4.79 Å². The van der Waals surface area contributed by atoms with Crippen LogP contribution in [0.1, 0.15) is 28.8 Å². The summed E-state index contributed by atoms with van der Waals surface area (Å²) in [6.45, 7) is 2.38. The number of hydrogen-bond donors (Lipinski definition) is 2. The molecule has 4 heteroatoms. The molecule has 18 heavy (non-hydrogen) atoms. The van der Waals surface area contributed by atoms with Gasteiger partial charge < -0.3 is 15.4 Å². The van der Waals surface area contributed by atoms with Crippen molar-refractivity contribution in [1.82, 2.24) is 5.32 Å². The zero-order chi connectivity index (χ0) is 12.4. The minimum atomic E-state index is 0.0334. The normalized spacial score (nSPS) is 22.1. The Bertz CT molecular complexity index is 453. The number of hydrogen-bond acceptors (Lipinski definition) is 3. The fraction of sp³-hybridized carbons (Fsp3) is 0.500. The first-order valence-electron chi connectivity index (χ1n) is 6.59. The van der Waals surface area contributed by atoms with Crippen LogP contribution in [0.25, 0.3) is 0 Å². The molecule has 1 saturated heterocycles. The Labute approximate surface area is 107 Å². The molecule has 0 radical (unpaired) electrons. The van der Waals surface area contributed by atoms with E-state index < -0.39 is 0 Å². The molecule has 2 aliphatic heterocycles. The van der Waals surface area contributed by atoms with Crippen LogP contribution >= 0.6 is 0 Å². The lowest BCUT2D eigenvalue weighted by atomic mass is 9.97. The average Bonchev–Trinajstić information content (AvgIpc) is 2.91. The molecule has 2 N–H and O–H groups in total. The van der Waals surface area contributed by atoms with Gasteiger partial charge in [0.05, 0.1) is 12.6 Å². The molecular formula is C14H18N2O2. The van der Waals surface area contributed by atoms with Gasteiger partial charge in [0.2, 0.25) is 0 Å². The molecule has 0 spiro atoms. The standard InChI is InChI=1S/C14H18N2O2/c17-14(16-10-6-8-18-9-10)12-3-1-5-13-11(12)4-2-7-15-13/h1,3,5,10,15H,2,4,6-9H2,(H,16,17). The monoisotopic (exact) mass is 246 g/mol. The Morgan fingerprint density at radius 3 is 3.22 bits per heavy atom. The number of rotatable bonds is 2. The molecule has 96 valence electrons. The Morgan fingerprint density at radius 1 is 1.44 bits per heavy atom. The molecule has 0 aliphatic carbocycles. The van der Waals surface area contributed by atoms with Crippen LogP contribution in [0.3, 0.4) is 0 Å². The second kappa shape index (κ2) is 4.98. The van der Waals surface area contributed by atoms with Gasteiger partial charge >= 0.3 is 0 Å². The van der Waals surface area contributed by atoms with Gasteiger partial charge in [0, 0.05) is 24.4 Å². The predicted molar refractivity (Wildman–Crippen MR) is 69.9 cm³/mol. The fourth-order valence-electron chi connectivity index (χ4n) is 2.63. The van der Waals surface area contributed by atoms with Gasteiger partial charge in [-0.2, -0.15) is 0 Å². The van der Waals surface area contributed by atoms with Gasteiger partial charge in [-0.05, 0) is 37.0 Å². The number of benzene rings is 1. The van der Waals surface area contributed by atoms with Gasteiger partial charge in [0.1, 0.15) is 0 Å². The number of nitrogens with one attached hydrogen (secondary N) is 2. The van der Waals surface area contributed by atoms with E-state index in [1.807, 2.05) is 18.2 Å². The number of anilines is 1. The molecular weight excluding hydrogens is 228 g/mol. The van der Waals surface area contributed by atoms with Crippen LogP contribution in [0.4, 0.5) is 5.69 Å². The van der Waals surface area contributed by atoms with E-state index in [1.165, 1.54) is 0 Å². The topological polar surface area (TPSA) is 50.4 Å². The summed E-state index contributed by atoms with van der Waals surface area (Å²) >= 11 is 0. The van der Waals surface area contributed by atoms with E-state index >= 15 is 0 Å². The first kappa shape index (κ1) is 11.5. The first-order chi connectivity index (χ1) is 8.84. The number of ether oxygens (including phenoxy) is 1.